The smallest absolute Gasteiger partial charge is 0.342 e. The Hall–Kier alpha value is -1.71. The molecule has 0 heterocycles. The molecule has 1 rings (SSSR count). The summed E-state index contributed by atoms with van der Waals surface area (Å²) < 4.78 is 10.4. The van der Waals surface area contributed by atoms with Crippen LogP contribution in [0.5, 0.6) is 5.75 Å². The molecule has 0 saturated heterocycles. The van der Waals surface area contributed by atoms with Gasteiger partial charge in [-0.2, -0.15) is 0 Å². The van der Waals surface area contributed by atoms with Crippen LogP contribution in [0.15, 0.2) is 18.2 Å². The highest BCUT2D eigenvalue weighted by Crippen LogP contribution is 2.22. The second-order valence-corrected chi connectivity index (χ2v) is 3.96. The van der Waals surface area contributed by atoms with Gasteiger partial charge in [0.25, 0.3) is 0 Å². The summed E-state index contributed by atoms with van der Waals surface area (Å²) in [4.78, 5) is 11.9. The quantitative estimate of drug-likeness (QED) is 0.631. The summed E-state index contributed by atoms with van der Waals surface area (Å²) in [6.45, 7) is 3.92. The predicted molar refractivity (Wildman–Crippen MR) is 67.2 cm³/mol. The standard InChI is InChI=1S/C13H19NO3/c1-4-5-9(2)17-13(15)11-8-10(14)6-7-12(11)16-3/h6-9H,4-5,14H2,1-3H3. The van der Waals surface area contributed by atoms with Crippen molar-refractivity contribution in [3.05, 3.63) is 23.8 Å². The van der Waals surface area contributed by atoms with Crippen LogP contribution in [-0.2, 0) is 4.74 Å². The van der Waals surface area contributed by atoms with Gasteiger partial charge in [-0.1, -0.05) is 13.3 Å². The number of rotatable bonds is 5. The first-order valence-electron chi connectivity index (χ1n) is 5.73. The van der Waals surface area contributed by atoms with Gasteiger partial charge in [-0.3, -0.25) is 0 Å². The molecule has 0 aliphatic carbocycles. The third-order valence-corrected chi connectivity index (χ3v) is 2.45. The Balaban J connectivity index is 2.83. The molecular formula is C13H19NO3. The van der Waals surface area contributed by atoms with E-state index in [0.29, 0.717) is 17.0 Å². The van der Waals surface area contributed by atoms with Gasteiger partial charge in [-0.05, 0) is 31.5 Å². The Bertz CT molecular complexity index is 390. The fourth-order valence-corrected chi connectivity index (χ4v) is 1.60. The summed E-state index contributed by atoms with van der Waals surface area (Å²) in [7, 11) is 1.51. The molecule has 4 heteroatoms. The zero-order valence-electron chi connectivity index (χ0n) is 10.5. The molecule has 0 radical (unpaired) electrons. The summed E-state index contributed by atoms with van der Waals surface area (Å²) in [5.74, 6) is 0.0861. The van der Waals surface area contributed by atoms with Crippen molar-refractivity contribution in [1.29, 1.82) is 0 Å². The fourth-order valence-electron chi connectivity index (χ4n) is 1.60. The van der Waals surface area contributed by atoms with E-state index in [1.54, 1.807) is 18.2 Å². The minimum Gasteiger partial charge on any atom is -0.496 e. The Labute approximate surface area is 102 Å². The van der Waals surface area contributed by atoms with E-state index in [9.17, 15) is 4.79 Å². The highest BCUT2D eigenvalue weighted by molar-refractivity contribution is 5.93. The first-order chi connectivity index (χ1) is 8.08. The molecule has 0 aliphatic rings. The number of ether oxygens (including phenoxy) is 2. The first-order valence-corrected chi connectivity index (χ1v) is 5.73. The van der Waals surface area contributed by atoms with Gasteiger partial charge in [-0.15, -0.1) is 0 Å². The SMILES string of the molecule is CCCC(C)OC(=O)c1cc(N)ccc1OC. The lowest BCUT2D eigenvalue weighted by Gasteiger charge is -2.14. The second-order valence-electron chi connectivity index (χ2n) is 3.96. The van der Waals surface area contributed by atoms with Gasteiger partial charge in [0.05, 0.1) is 13.2 Å². The van der Waals surface area contributed by atoms with Crippen LogP contribution in [0.1, 0.15) is 37.0 Å². The van der Waals surface area contributed by atoms with Crippen LogP contribution in [0, 0.1) is 0 Å². The minimum absolute atomic E-state index is 0.0985. The molecule has 1 aromatic rings. The molecule has 17 heavy (non-hydrogen) atoms. The van der Waals surface area contributed by atoms with Gasteiger partial charge in [0.2, 0.25) is 0 Å². The number of carbonyl (C=O) groups excluding carboxylic acids is 1. The van der Waals surface area contributed by atoms with E-state index in [1.165, 1.54) is 7.11 Å². The van der Waals surface area contributed by atoms with Crippen molar-refractivity contribution in [2.24, 2.45) is 0 Å². The lowest BCUT2D eigenvalue weighted by Crippen LogP contribution is -2.15. The average Bonchev–Trinajstić information content (AvgIpc) is 2.29. The molecule has 94 valence electrons. The van der Waals surface area contributed by atoms with Crippen molar-refractivity contribution in [3.8, 4) is 5.75 Å². The zero-order valence-corrected chi connectivity index (χ0v) is 10.5. The van der Waals surface area contributed by atoms with E-state index in [4.69, 9.17) is 15.2 Å². The molecule has 0 bridgehead atoms. The summed E-state index contributed by atoms with van der Waals surface area (Å²) in [5, 5.41) is 0. The predicted octanol–water partition coefficient (Wildman–Crippen LogP) is 2.62. The third kappa shape index (κ3) is 3.66. The van der Waals surface area contributed by atoms with E-state index in [-0.39, 0.29) is 6.10 Å². The van der Waals surface area contributed by atoms with Crippen molar-refractivity contribution in [2.45, 2.75) is 32.8 Å². The van der Waals surface area contributed by atoms with Crippen LogP contribution >= 0.6 is 0 Å². The maximum absolute atomic E-state index is 11.9. The third-order valence-electron chi connectivity index (χ3n) is 2.45. The van der Waals surface area contributed by atoms with Crippen molar-refractivity contribution in [1.82, 2.24) is 0 Å². The number of methoxy groups -OCH3 is 1. The monoisotopic (exact) mass is 237 g/mol. The molecule has 0 aromatic heterocycles. The molecule has 1 unspecified atom stereocenters. The summed E-state index contributed by atoms with van der Waals surface area (Å²) in [5.41, 5.74) is 6.53. The highest BCUT2D eigenvalue weighted by Gasteiger charge is 2.16. The zero-order chi connectivity index (χ0) is 12.8. The van der Waals surface area contributed by atoms with Crippen LogP contribution in [0.25, 0.3) is 0 Å². The molecule has 4 nitrogen and oxygen atoms in total. The Morgan fingerprint density at radius 3 is 2.76 bits per heavy atom. The van der Waals surface area contributed by atoms with E-state index in [0.717, 1.165) is 12.8 Å². The molecular weight excluding hydrogens is 218 g/mol. The molecule has 0 saturated carbocycles. The first kappa shape index (κ1) is 13.4. The Kier molecular flexibility index (Phi) is 4.82. The maximum atomic E-state index is 11.9. The second kappa shape index (κ2) is 6.13. The van der Waals surface area contributed by atoms with E-state index < -0.39 is 5.97 Å². The molecule has 0 fully saturated rings. The summed E-state index contributed by atoms with van der Waals surface area (Å²) in [6.07, 6.45) is 1.72. The average molecular weight is 237 g/mol. The number of anilines is 1. The van der Waals surface area contributed by atoms with Gasteiger partial charge in [-0.25, -0.2) is 4.79 Å². The van der Waals surface area contributed by atoms with Gasteiger partial charge in [0.15, 0.2) is 0 Å². The van der Waals surface area contributed by atoms with Crippen molar-refractivity contribution in [3.63, 3.8) is 0 Å². The molecule has 2 N–H and O–H groups in total. The summed E-state index contributed by atoms with van der Waals surface area (Å²) >= 11 is 0. The van der Waals surface area contributed by atoms with Gasteiger partial charge < -0.3 is 15.2 Å². The normalized spacial score (nSPS) is 11.9. The van der Waals surface area contributed by atoms with Crippen LogP contribution in [0.3, 0.4) is 0 Å². The Morgan fingerprint density at radius 2 is 2.18 bits per heavy atom. The van der Waals surface area contributed by atoms with Crippen molar-refractivity contribution >= 4 is 11.7 Å². The summed E-state index contributed by atoms with van der Waals surface area (Å²) in [6, 6.07) is 4.92. The topological polar surface area (TPSA) is 61.5 Å². The molecule has 0 spiro atoms. The highest BCUT2D eigenvalue weighted by atomic mass is 16.5. The number of benzene rings is 1. The number of hydrogen-bond acceptors (Lipinski definition) is 4. The molecule has 1 aromatic carbocycles. The number of esters is 1. The lowest BCUT2D eigenvalue weighted by molar-refractivity contribution is 0.0320. The van der Waals surface area contributed by atoms with Crippen LogP contribution in [-0.4, -0.2) is 19.2 Å². The van der Waals surface area contributed by atoms with E-state index >= 15 is 0 Å². The number of carbonyl (C=O) groups is 1. The van der Waals surface area contributed by atoms with Crippen molar-refractivity contribution in [2.75, 3.05) is 12.8 Å². The molecule has 0 amide bonds. The van der Waals surface area contributed by atoms with Gasteiger partial charge in [0, 0.05) is 5.69 Å². The van der Waals surface area contributed by atoms with Crippen LogP contribution in [0.4, 0.5) is 5.69 Å². The number of nitrogen functional groups attached to an aromatic ring is 1. The number of nitrogens with two attached hydrogens (primary N) is 1. The van der Waals surface area contributed by atoms with E-state index in [1.807, 2.05) is 13.8 Å². The van der Waals surface area contributed by atoms with Crippen molar-refractivity contribution < 1.29 is 14.3 Å². The molecule has 1 atom stereocenters. The van der Waals surface area contributed by atoms with Gasteiger partial charge >= 0.3 is 5.97 Å². The largest absolute Gasteiger partial charge is 0.496 e. The van der Waals surface area contributed by atoms with Crippen LogP contribution < -0.4 is 10.5 Å². The van der Waals surface area contributed by atoms with Crippen LogP contribution in [0.2, 0.25) is 0 Å². The minimum atomic E-state index is -0.393. The Morgan fingerprint density at radius 1 is 1.47 bits per heavy atom. The van der Waals surface area contributed by atoms with E-state index in [2.05, 4.69) is 0 Å². The lowest BCUT2D eigenvalue weighted by atomic mass is 10.1. The molecule has 0 aliphatic heterocycles. The fraction of sp³-hybridized carbons (Fsp3) is 0.462. The van der Waals surface area contributed by atoms with Gasteiger partial charge in [0.1, 0.15) is 11.3 Å². The maximum Gasteiger partial charge on any atom is 0.342 e. The number of hydrogen-bond donors (Lipinski definition) is 1.